The first kappa shape index (κ1) is 11.3. The van der Waals surface area contributed by atoms with Gasteiger partial charge in [0.2, 0.25) is 5.91 Å². The van der Waals surface area contributed by atoms with Gasteiger partial charge in [0.15, 0.2) is 6.04 Å². The fourth-order valence-corrected chi connectivity index (χ4v) is 1.49. The van der Waals surface area contributed by atoms with Gasteiger partial charge in [-0.3, -0.25) is 4.79 Å². The van der Waals surface area contributed by atoms with Crippen LogP contribution in [0, 0.1) is 0 Å². The first-order valence-corrected chi connectivity index (χ1v) is 4.29. The third kappa shape index (κ3) is 2.17. The van der Waals surface area contributed by atoms with E-state index in [1.54, 1.807) is 13.8 Å². The molecular weight excluding hydrogens is 199 g/mol. The van der Waals surface area contributed by atoms with E-state index in [9.17, 15) is 18.0 Å². The molecule has 14 heavy (non-hydrogen) atoms. The summed E-state index contributed by atoms with van der Waals surface area (Å²) in [5.74, 6) is -0.603. The number of halogens is 3. The van der Waals surface area contributed by atoms with E-state index in [-0.39, 0.29) is 6.61 Å². The average molecular weight is 211 g/mol. The van der Waals surface area contributed by atoms with Crippen LogP contribution in [0.1, 0.15) is 13.8 Å². The lowest BCUT2D eigenvalue weighted by Crippen LogP contribution is -2.58. The molecule has 0 saturated carbocycles. The van der Waals surface area contributed by atoms with E-state index in [2.05, 4.69) is 4.74 Å². The lowest BCUT2D eigenvalue weighted by Gasteiger charge is -2.39. The second kappa shape index (κ2) is 3.76. The second-order valence-corrected chi connectivity index (χ2v) is 3.47. The van der Waals surface area contributed by atoms with Gasteiger partial charge in [-0.15, -0.1) is 0 Å². The Balaban J connectivity index is 2.86. The number of rotatable bonds is 1. The summed E-state index contributed by atoms with van der Waals surface area (Å²) in [7, 11) is 0. The van der Waals surface area contributed by atoms with Gasteiger partial charge in [0.05, 0.1) is 6.61 Å². The Labute approximate surface area is 79.8 Å². The summed E-state index contributed by atoms with van der Waals surface area (Å²) in [6, 6.07) is -2.26. The molecule has 0 aromatic heterocycles. The van der Waals surface area contributed by atoms with Crippen LogP contribution in [0.2, 0.25) is 0 Å². The Morgan fingerprint density at radius 2 is 2.07 bits per heavy atom. The molecule has 1 heterocycles. The van der Waals surface area contributed by atoms with E-state index in [1.807, 2.05) is 0 Å². The van der Waals surface area contributed by atoms with Crippen molar-refractivity contribution >= 4 is 5.91 Å². The van der Waals surface area contributed by atoms with Crippen LogP contribution in [-0.2, 0) is 9.53 Å². The topological polar surface area (TPSA) is 29.5 Å². The van der Waals surface area contributed by atoms with Crippen LogP contribution in [0.25, 0.3) is 0 Å². The van der Waals surface area contributed by atoms with E-state index < -0.39 is 30.8 Å². The number of amides is 1. The molecule has 1 rings (SSSR count). The largest absolute Gasteiger partial charge is 0.411 e. The lowest BCUT2D eigenvalue weighted by molar-refractivity contribution is -0.218. The number of alkyl halides is 3. The summed E-state index contributed by atoms with van der Waals surface area (Å²) in [6.07, 6.45) is -4.42. The van der Waals surface area contributed by atoms with Crippen molar-refractivity contribution in [2.45, 2.75) is 32.1 Å². The molecule has 0 aromatic rings. The zero-order valence-electron chi connectivity index (χ0n) is 7.97. The fourth-order valence-electron chi connectivity index (χ4n) is 1.49. The van der Waals surface area contributed by atoms with Gasteiger partial charge in [0.1, 0.15) is 6.61 Å². The Morgan fingerprint density at radius 1 is 1.50 bits per heavy atom. The van der Waals surface area contributed by atoms with Gasteiger partial charge < -0.3 is 9.64 Å². The third-order valence-electron chi connectivity index (χ3n) is 2.06. The van der Waals surface area contributed by atoms with Crippen LogP contribution in [-0.4, -0.2) is 42.3 Å². The number of nitrogens with zero attached hydrogens (tertiary/aromatic N) is 1. The average Bonchev–Trinajstić information content (AvgIpc) is 2.01. The van der Waals surface area contributed by atoms with Crippen molar-refractivity contribution in [3.8, 4) is 0 Å². The summed E-state index contributed by atoms with van der Waals surface area (Å²) in [4.78, 5) is 12.0. The molecule has 6 heteroatoms. The van der Waals surface area contributed by atoms with E-state index in [0.29, 0.717) is 0 Å². The summed E-state index contributed by atoms with van der Waals surface area (Å²) in [5, 5.41) is 0. The minimum absolute atomic E-state index is 0.259. The molecule has 1 unspecified atom stereocenters. The molecule has 1 fully saturated rings. The molecule has 82 valence electrons. The Morgan fingerprint density at radius 3 is 2.43 bits per heavy atom. The van der Waals surface area contributed by atoms with Crippen molar-refractivity contribution in [3.05, 3.63) is 0 Å². The molecule has 1 aliphatic rings. The van der Waals surface area contributed by atoms with E-state index in [4.69, 9.17) is 0 Å². The number of carbonyl (C=O) groups excluding carboxylic acids is 1. The molecule has 0 bridgehead atoms. The molecule has 0 aromatic carbocycles. The highest BCUT2D eigenvalue weighted by molar-refractivity contribution is 5.78. The Hall–Kier alpha value is -0.780. The maximum absolute atomic E-state index is 12.5. The normalized spacial score (nSPS) is 24.6. The molecule has 0 radical (unpaired) electrons. The molecule has 1 amide bonds. The van der Waals surface area contributed by atoms with Crippen molar-refractivity contribution < 1.29 is 22.7 Å². The summed E-state index contributed by atoms with van der Waals surface area (Å²) < 4.78 is 41.9. The molecule has 0 spiro atoms. The molecule has 0 N–H and O–H groups in total. The molecule has 1 saturated heterocycles. The van der Waals surface area contributed by atoms with E-state index in [1.165, 1.54) is 0 Å². The predicted molar refractivity (Wildman–Crippen MR) is 42.6 cm³/mol. The van der Waals surface area contributed by atoms with Gasteiger partial charge in [-0.2, -0.15) is 13.2 Å². The van der Waals surface area contributed by atoms with Gasteiger partial charge in [0, 0.05) is 6.04 Å². The number of hydrogen-bond acceptors (Lipinski definition) is 2. The quantitative estimate of drug-likeness (QED) is 0.652. The van der Waals surface area contributed by atoms with Gasteiger partial charge >= 0.3 is 6.18 Å². The molecule has 1 atom stereocenters. The van der Waals surface area contributed by atoms with E-state index >= 15 is 0 Å². The lowest BCUT2D eigenvalue weighted by atomic mass is 10.1. The van der Waals surface area contributed by atoms with Crippen LogP contribution < -0.4 is 0 Å². The number of carbonyl (C=O) groups is 1. The van der Waals surface area contributed by atoms with Crippen molar-refractivity contribution in [1.29, 1.82) is 0 Å². The maximum atomic E-state index is 12.5. The number of hydrogen-bond donors (Lipinski definition) is 0. The highest BCUT2D eigenvalue weighted by atomic mass is 19.4. The summed E-state index contributed by atoms with van der Waals surface area (Å²) >= 11 is 0. The van der Waals surface area contributed by atoms with E-state index in [0.717, 1.165) is 4.90 Å². The SMILES string of the molecule is CC(C)N1C(=O)COCC1C(F)(F)F. The van der Waals surface area contributed by atoms with Crippen molar-refractivity contribution in [2.75, 3.05) is 13.2 Å². The number of ether oxygens (including phenoxy) is 1. The van der Waals surface area contributed by atoms with Crippen LogP contribution in [0.4, 0.5) is 13.2 Å². The second-order valence-electron chi connectivity index (χ2n) is 3.47. The Kier molecular flexibility index (Phi) is 3.04. The summed E-state index contributed by atoms with van der Waals surface area (Å²) in [6.45, 7) is 2.39. The zero-order chi connectivity index (χ0) is 10.9. The zero-order valence-corrected chi connectivity index (χ0v) is 7.97. The third-order valence-corrected chi connectivity index (χ3v) is 2.06. The van der Waals surface area contributed by atoms with Crippen LogP contribution in [0.5, 0.6) is 0 Å². The highest BCUT2D eigenvalue weighted by Crippen LogP contribution is 2.28. The van der Waals surface area contributed by atoms with Crippen molar-refractivity contribution in [1.82, 2.24) is 4.90 Å². The Bertz CT molecular complexity index is 227. The molecule has 3 nitrogen and oxygen atoms in total. The predicted octanol–water partition coefficient (Wildman–Crippen LogP) is 1.18. The first-order valence-electron chi connectivity index (χ1n) is 4.29. The molecule has 0 aliphatic carbocycles. The maximum Gasteiger partial charge on any atom is 0.411 e. The van der Waals surface area contributed by atoms with Gasteiger partial charge in [-0.05, 0) is 13.8 Å². The first-order chi connectivity index (χ1) is 6.34. The minimum Gasteiger partial charge on any atom is -0.369 e. The standard InChI is InChI=1S/C8H12F3NO2/c1-5(2)12-6(8(9,10)11)3-14-4-7(12)13/h5-6H,3-4H2,1-2H3. The van der Waals surface area contributed by atoms with Crippen LogP contribution in [0.3, 0.4) is 0 Å². The summed E-state index contributed by atoms with van der Waals surface area (Å²) in [5.41, 5.74) is 0. The fraction of sp³-hybridized carbons (Fsp3) is 0.875. The monoisotopic (exact) mass is 211 g/mol. The van der Waals surface area contributed by atoms with Gasteiger partial charge in [-0.25, -0.2) is 0 Å². The van der Waals surface area contributed by atoms with Crippen molar-refractivity contribution in [2.24, 2.45) is 0 Å². The van der Waals surface area contributed by atoms with Crippen LogP contribution in [0.15, 0.2) is 0 Å². The van der Waals surface area contributed by atoms with Gasteiger partial charge in [-0.1, -0.05) is 0 Å². The number of morpholine rings is 1. The smallest absolute Gasteiger partial charge is 0.369 e. The molecule has 1 aliphatic heterocycles. The van der Waals surface area contributed by atoms with Crippen LogP contribution >= 0.6 is 0 Å². The highest BCUT2D eigenvalue weighted by Gasteiger charge is 2.48. The van der Waals surface area contributed by atoms with Crippen molar-refractivity contribution in [3.63, 3.8) is 0 Å². The molecular formula is C8H12F3NO2. The van der Waals surface area contributed by atoms with Gasteiger partial charge in [0.25, 0.3) is 0 Å². The minimum atomic E-state index is -4.42.